The molecule has 8 nitrogen and oxygen atoms in total. The lowest BCUT2D eigenvalue weighted by Gasteiger charge is -2.22. The first-order valence-corrected chi connectivity index (χ1v) is 10.1. The van der Waals surface area contributed by atoms with Gasteiger partial charge in [0.25, 0.3) is 0 Å². The van der Waals surface area contributed by atoms with E-state index in [0.29, 0.717) is 25.1 Å². The minimum absolute atomic E-state index is 0.232. The van der Waals surface area contributed by atoms with Crippen molar-refractivity contribution in [3.8, 4) is 5.75 Å². The lowest BCUT2D eigenvalue weighted by Crippen LogP contribution is -2.46. The molecule has 1 aliphatic heterocycles. The molecule has 160 valence electrons. The molecule has 29 heavy (non-hydrogen) atoms. The number of carboxylic acids is 1. The number of anilines is 1. The summed E-state index contributed by atoms with van der Waals surface area (Å²) in [5.74, 6) is -2.27. The van der Waals surface area contributed by atoms with Gasteiger partial charge in [-0.2, -0.15) is 0 Å². The lowest BCUT2D eigenvalue weighted by molar-refractivity contribution is -0.135. The number of carboxylic acid groups (broad SMARTS) is 1. The second kappa shape index (κ2) is 10.2. The van der Waals surface area contributed by atoms with Crippen molar-refractivity contribution in [2.24, 2.45) is 0 Å². The predicted molar refractivity (Wildman–Crippen MR) is 108 cm³/mol. The molecule has 1 heterocycles. The average Bonchev–Trinajstić information content (AvgIpc) is 2.95. The van der Waals surface area contributed by atoms with E-state index in [1.54, 1.807) is 0 Å². The van der Waals surface area contributed by atoms with Crippen LogP contribution in [-0.4, -0.2) is 52.8 Å². The summed E-state index contributed by atoms with van der Waals surface area (Å²) in [7, 11) is 0. The molecule has 3 atom stereocenters. The molecule has 2 rings (SSSR count). The molecular weight excluding hydrogens is 376 g/mol. The monoisotopic (exact) mass is 406 g/mol. The number of hydrogen-bond acceptors (Lipinski definition) is 5. The number of ether oxygens (including phenoxy) is 1. The zero-order chi connectivity index (χ0) is 21.6. The molecule has 1 aromatic carbocycles. The molecule has 0 radical (unpaired) electrons. The van der Waals surface area contributed by atoms with Gasteiger partial charge < -0.3 is 25.2 Å². The normalized spacial score (nSPS) is 20.0. The van der Waals surface area contributed by atoms with Crippen molar-refractivity contribution in [1.29, 1.82) is 0 Å². The summed E-state index contributed by atoms with van der Waals surface area (Å²) in [5.41, 5.74) is 0.0961. The second-order valence-corrected chi connectivity index (χ2v) is 7.34. The number of nitrogens with one attached hydrogen (secondary N) is 1. The highest BCUT2D eigenvalue weighted by atomic mass is 16.5. The molecule has 3 N–H and O–H groups in total. The number of nitrogens with zero attached hydrogens (tertiary/aromatic N) is 1. The number of carbonyl (C=O) groups excluding carboxylic acids is 2. The van der Waals surface area contributed by atoms with E-state index >= 15 is 0 Å². The smallest absolute Gasteiger partial charge is 0.339 e. The third kappa shape index (κ3) is 5.47. The van der Waals surface area contributed by atoms with Crippen LogP contribution >= 0.6 is 0 Å². The van der Waals surface area contributed by atoms with E-state index < -0.39 is 18.1 Å². The number of phenols is 1. The number of unbranched alkanes of at least 4 members (excludes halogenated alkanes) is 2. The van der Waals surface area contributed by atoms with E-state index in [4.69, 9.17) is 4.74 Å². The fraction of sp³-hybridized carbons (Fsp3) is 0.571. The molecule has 0 bridgehead atoms. The van der Waals surface area contributed by atoms with Crippen LogP contribution in [0.1, 0.15) is 63.2 Å². The van der Waals surface area contributed by atoms with Gasteiger partial charge in [-0.25, -0.2) is 4.79 Å². The zero-order valence-corrected chi connectivity index (χ0v) is 17.2. The van der Waals surface area contributed by atoms with E-state index in [1.165, 1.54) is 23.1 Å². The average molecular weight is 406 g/mol. The molecule has 0 spiro atoms. The van der Waals surface area contributed by atoms with E-state index in [-0.39, 0.29) is 29.2 Å². The third-order valence-electron chi connectivity index (χ3n) is 5.09. The van der Waals surface area contributed by atoms with Gasteiger partial charge in [0.1, 0.15) is 23.5 Å². The molecule has 8 heteroatoms. The van der Waals surface area contributed by atoms with E-state index in [9.17, 15) is 24.6 Å². The van der Waals surface area contributed by atoms with Gasteiger partial charge in [-0.05, 0) is 44.4 Å². The summed E-state index contributed by atoms with van der Waals surface area (Å²) in [6, 6.07) is 3.08. The van der Waals surface area contributed by atoms with Gasteiger partial charge in [-0.15, -0.1) is 0 Å². The molecule has 0 saturated carbocycles. The Kier molecular flexibility index (Phi) is 8.01. The molecule has 1 aromatic rings. The molecule has 1 aliphatic rings. The Morgan fingerprint density at radius 2 is 2.03 bits per heavy atom. The first-order valence-electron chi connectivity index (χ1n) is 10.1. The number of rotatable bonds is 10. The third-order valence-corrected chi connectivity index (χ3v) is 5.09. The van der Waals surface area contributed by atoms with Crippen LogP contribution in [0.4, 0.5) is 5.69 Å². The SMILES string of the molecule is CCCCCOC(CC)C(=O)NC1CC(C)N(c2ccc(O)c(C(=O)O)c2)C1=O. The maximum absolute atomic E-state index is 12.9. The summed E-state index contributed by atoms with van der Waals surface area (Å²) >= 11 is 0. The summed E-state index contributed by atoms with van der Waals surface area (Å²) in [6.45, 7) is 6.29. The number of aromatic hydroxyl groups is 1. The Labute approximate surface area is 170 Å². The second-order valence-electron chi connectivity index (χ2n) is 7.34. The van der Waals surface area contributed by atoms with Gasteiger partial charge in [0.2, 0.25) is 11.8 Å². The summed E-state index contributed by atoms with van der Waals surface area (Å²) in [5, 5.41) is 21.7. The van der Waals surface area contributed by atoms with Crippen LogP contribution in [0.5, 0.6) is 5.75 Å². The van der Waals surface area contributed by atoms with Gasteiger partial charge in [-0.1, -0.05) is 26.7 Å². The van der Waals surface area contributed by atoms with Gasteiger partial charge in [0, 0.05) is 18.3 Å². The van der Waals surface area contributed by atoms with Crippen LogP contribution in [-0.2, 0) is 14.3 Å². The number of hydrogen-bond donors (Lipinski definition) is 3. The molecule has 3 unspecified atom stereocenters. The lowest BCUT2D eigenvalue weighted by atomic mass is 10.1. The van der Waals surface area contributed by atoms with Crippen LogP contribution < -0.4 is 10.2 Å². The highest BCUT2D eigenvalue weighted by Crippen LogP contribution is 2.30. The van der Waals surface area contributed by atoms with E-state index in [1.807, 2.05) is 13.8 Å². The van der Waals surface area contributed by atoms with Crippen LogP contribution in [0.3, 0.4) is 0 Å². The van der Waals surface area contributed by atoms with Crippen LogP contribution in [0, 0.1) is 0 Å². The van der Waals surface area contributed by atoms with Crippen LogP contribution in [0.2, 0.25) is 0 Å². The highest BCUT2D eigenvalue weighted by Gasteiger charge is 2.40. The predicted octanol–water partition coefficient (Wildman–Crippen LogP) is 2.69. The van der Waals surface area contributed by atoms with Crippen molar-refractivity contribution < 1.29 is 29.3 Å². The van der Waals surface area contributed by atoms with Crippen molar-refractivity contribution in [2.75, 3.05) is 11.5 Å². The van der Waals surface area contributed by atoms with Crippen molar-refractivity contribution >= 4 is 23.5 Å². The number of aromatic carboxylic acids is 1. The van der Waals surface area contributed by atoms with E-state index in [0.717, 1.165) is 19.3 Å². The van der Waals surface area contributed by atoms with E-state index in [2.05, 4.69) is 12.2 Å². The Bertz CT molecular complexity index is 751. The number of amides is 2. The summed E-state index contributed by atoms with van der Waals surface area (Å²) < 4.78 is 5.66. The Balaban J connectivity index is 2.06. The quantitative estimate of drug-likeness (QED) is 0.515. The van der Waals surface area contributed by atoms with Crippen molar-refractivity contribution in [3.63, 3.8) is 0 Å². The zero-order valence-electron chi connectivity index (χ0n) is 17.2. The molecule has 1 fully saturated rings. The summed E-state index contributed by atoms with van der Waals surface area (Å²) in [4.78, 5) is 38.2. The van der Waals surface area contributed by atoms with Crippen molar-refractivity contribution in [2.45, 2.75) is 71.1 Å². The van der Waals surface area contributed by atoms with Crippen LogP contribution in [0.15, 0.2) is 18.2 Å². The molecule has 1 saturated heterocycles. The fourth-order valence-electron chi connectivity index (χ4n) is 3.50. The number of benzene rings is 1. The molecule has 0 aromatic heterocycles. The van der Waals surface area contributed by atoms with Crippen LogP contribution in [0.25, 0.3) is 0 Å². The highest BCUT2D eigenvalue weighted by molar-refractivity contribution is 6.03. The van der Waals surface area contributed by atoms with Gasteiger partial charge in [0.15, 0.2) is 0 Å². The molecular formula is C21H30N2O6. The first kappa shape index (κ1) is 22.7. The van der Waals surface area contributed by atoms with Gasteiger partial charge >= 0.3 is 5.97 Å². The maximum Gasteiger partial charge on any atom is 0.339 e. The standard InChI is InChI=1S/C21H30N2O6/c1-4-6-7-10-29-18(5-2)19(25)22-16-11-13(3)23(20(16)26)14-8-9-17(24)15(12-14)21(27)28/h8-9,12-13,16,18,24H,4-7,10-11H2,1-3H3,(H,22,25)(H,27,28). The largest absolute Gasteiger partial charge is 0.507 e. The topological polar surface area (TPSA) is 116 Å². The minimum atomic E-state index is -1.28. The van der Waals surface area contributed by atoms with Crippen molar-refractivity contribution in [3.05, 3.63) is 23.8 Å². The molecule has 0 aliphatic carbocycles. The van der Waals surface area contributed by atoms with Gasteiger partial charge in [-0.3, -0.25) is 9.59 Å². The maximum atomic E-state index is 12.9. The Morgan fingerprint density at radius 3 is 2.66 bits per heavy atom. The molecule has 2 amide bonds. The minimum Gasteiger partial charge on any atom is -0.507 e. The van der Waals surface area contributed by atoms with Crippen molar-refractivity contribution in [1.82, 2.24) is 5.32 Å². The Morgan fingerprint density at radius 1 is 1.31 bits per heavy atom. The Hall–Kier alpha value is -2.61. The summed E-state index contributed by atoms with van der Waals surface area (Å²) in [6.07, 6.45) is 3.31. The fourth-order valence-corrected chi connectivity index (χ4v) is 3.50. The first-order chi connectivity index (χ1) is 13.8. The number of carbonyl (C=O) groups is 3. The van der Waals surface area contributed by atoms with Gasteiger partial charge in [0.05, 0.1) is 0 Å².